The molecular formula is C16H25NO3. The highest BCUT2D eigenvalue weighted by Crippen LogP contribution is 2.14. The lowest BCUT2D eigenvalue weighted by Gasteiger charge is -2.12. The lowest BCUT2D eigenvalue weighted by atomic mass is 10.0. The average molecular weight is 279 g/mol. The van der Waals surface area contributed by atoms with Gasteiger partial charge in [-0.1, -0.05) is 38.1 Å². The Balaban J connectivity index is 2.28. The van der Waals surface area contributed by atoms with Crippen LogP contribution in [0.3, 0.4) is 0 Å². The number of aliphatic hydroxyl groups excluding tert-OH is 1. The Labute approximate surface area is 121 Å². The fourth-order valence-corrected chi connectivity index (χ4v) is 1.89. The molecule has 1 aromatic carbocycles. The molecule has 0 fully saturated rings. The zero-order valence-corrected chi connectivity index (χ0v) is 12.6. The van der Waals surface area contributed by atoms with E-state index in [2.05, 4.69) is 43.4 Å². The largest absolute Gasteiger partial charge is 0.466 e. The van der Waals surface area contributed by atoms with Crippen molar-refractivity contribution in [1.29, 1.82) is 0 Å². The van der Waals surface area contributed by atoms with E-state index in [-0.39, 0.29) is 12.4 Å². The average Bonchev–Trinajstić information content (AvgIpc) is 2.39. The first-order valence-corrected chi connectivity index (χ1v) is 7.16. The van der Waals surface area contributed by atoms with E-state index in [0.717, 1.165) is 5.56 Å². The van der Waals surface area contributed by atoms with Crippen LogP contribution in [0.4, 0.5) is 0 Å². The molecule has 0 aliphatic rings. The lowest BCUT2D eigenvalue weighted by Crippen LogP contribution is -2.29. The topological polar surface area (TPSA) is 58.6 Å². The summed E-state index contributed by atoms with van der Waals surface area (Å²) in [5.74, 6) is 0.173. The molecule has 1 rings (SSSR count). The van der Waals surface area contributed by atoms with Crippen molar-refractivity contribution in [3.8, 4) is 0 Å². The van der Waals surface area contributed by atoms with Gasteiger partial charge in [0, 0.05) is 13.1 Å². The number of rotatable bonds is 8. The Bertz CT molecular complexity index is 401. The molecular weight excluding hydrogens is 254 g/mol. The molecule has 0 amide bonds. The van der Waals surface area contributed by atoms with Crippen molar-refractivity contribution in [2.45, 2.75) is 45.8 Å². The van der Waals surface area contributed by atoms with Crippen LogP contribution in [0.15, 0.2) is 24.3 Å². The molecule has 0 spiro atoms. The summed E-state index contributed by atoms with van der Waals surface area (Å²) in [5, 5.41) is 12.8. The molecule has 0 saturated carbocycles. The number of aliphatic hydroxyl groups is 1. The van der Waals surface area contributed by atoms with Gasteiger partial charge < -0.3 is 15.2 Å². The van der Waals surface area contributed by atoms with E-state index < -0.39 is 6.10 Å². The Morgan fingerprint density at radius 2 is 1.95 bits per heavy atom. The van der Waals surface area contributed by atoms with E-state index in [0.29, 0.717) is 25.6 Å². The summed E-state index contributed by atoms with van der Waals surface area (Å²) < 4.78 is 4.79. The number of nitrogens with one attached hydrogen (secondary N) is 1. The lowest BCUT2D eigenvalue weighted by molar-refractivity contribution is -0.145. The first-order valence-electron chi connectivity index (χ1n) is 7.16. The minimum Gasteiger partial charge on any atom is -0.466 e. The molecule has 1 aromatic rings. The van der Waals surface area contributed by atoms with Gasteiger partial charge in [-0.25, -0.2) is 0 Å². The normalized spacial score (nSPS) is 12.4. The number of benzene rings is 1. The molecule has 20 heavy (non-hydrogen) atoms. The second-order valence-corrected chi connectivity index (χ2v) is 5.19. The summed E-state index contributed by atoms with van der Waals surface area (Å²) in [6.07, 6.45) is -0.670. The predicted molar refractivity (Wildman–Crippen MR) is 79.5 cm³/mol. The van der Waals surface area contributed by atoms with Crippen LogP contribution < -0.4 is 5.32 Å². The summed E-state index contributed by atoms with van der Waals surface area (Å²) in [7, 11) is 0. The summed E-state index contributed by atoms with van der Waals surface area (Å²) >= 11 is 0. The van der Waals surface area contributed by atoms with Gasteiger partial charge in [0.1, 0.15) is 0 Å². The zero-order chi connectivity index (χ0) is 15.0. The maximum Gasteiger partial charge on any atom is 0.308 e. The van der Waals surface area contributed by atoms with Crippen LogP contribution in [-0.2, 0) is 16.1 Å². The highest BCUT2D eigenvalue weighted by molar-refractivity contribution is 5.69. The number of carbonyl (C=O) groups excluding carboxylic acids is 1. The van der Waals surface area contributed by atoms with Gasteiger partial charge in [0.25, 0.3) is 0 Å². The Morgan fingerprint density at radius 1 is 1.30 bits per heavy atom. The van der Waals surface area contributed by atoms with Gasteiger partial charge >= 0.3 is 5.97 Å². The molecule has 0 aliphatic carbocycles. The number of hydrogen-bond acceptors (Lipinski definition) is 4. The van der Waals surface area contributed by atoms with Gasteiger partial charge in [0.15, 0.2) is 0 Å². The number of hydrogen-bond donors (Lipinski definition) is 2. The Kier molecular flexibility index (Phi) is 7.26. The number of esters is 1. The second-order valence-electron chi connectivity index (χ2n) is 5.19. The third kappa shape index (κ3) is 6.17. The van der Waals surface area contributed by atoms with E-state index in [1.54, 1.807) is 6.92 Å². The van der Waals surface area contributed by atoms with Crippen LogP contribution in [0.25, 0.3) is 0 Å². The van der Waals surface area contributed by atoms with Crippen molar-refractivity contribution in [3.63, 3.8) is 0 Å². The monoisotopic (exact) mass is 279 g/mol. The standard InChI is InChI=1S/C16H25NO3/c1-4-20-16(19)9-15(18)11-17-10-13-5-7-14(8-6-13)12(2)3/h5-8,12,15,17-18H,4,9-11H2,1-3H3. The second kappa shape index (κ2) is 8.72. The van der Waals surface area contributed by atoms with Crippen LogP contribution in [0, 0.1) is 0 Å². The summed E-state index contributed by atoms with van der Waals surface area (Å²) in [6, 6.07) is 8.41. The maximum absolute atomic E-state index is 11.2. The van der Waals surface area contributed by atoms with Gasteiger partial charge in [0.05, 0.1) is 19.1 Å². The number of ether oxygens (including phenoxy) is 1. The molecule has 112 valence electrons. The van der Waals surface area contributed by atoms with Crippen molar-refractivity contribution in [1.82, 2.24) is 5.32 Å². The Hall–Kier alpha value is -1.39. The molecule has 4 nitrogen and oxygen atoms in total. The fourth-order valence-electron chi connectivity index (χ4n) is 1.89. The molecule has 0 heterocycles. The quantitative estimate of drug-likeness (QED) is 0.716. The third-order valence-electron chi connectivity index (χ3n) is 3.06. The summed E-state index contributed by atoms with van der Waals surface area (Å²) in [4.78, 5) is 11.2. The van der Waals surface area contributed by atoms with Crippen LogP contribution >= 0.6 is 0 Å². The number of carbonyl (C=O) groups is 1. The van der Waals surface area contributed by atoms with Gasteiger partial charge in [-0.05, 0) is 24.0 Å². The third-order valence-corrected chi connectivity index (χ3v) is 3.06. The first-order chi connectivity index (χ1) is 9.52. The molecule has 1 unspecified atom stereocenters. The van der Waals surface area contributed by atoms with Crippen molar-refractivity contribution in [2.24, 2.45) is 0 Å². The van der Waals surface area contributed by atoms with Crippen molar-refractivity contribution in [3.05, 3.63) is 35.4 Å². The SMILES string of the molecule is CCOC(=O)CC(O)CNCc1ccc(C(C)C)cc1. The van der Waals surface area contributed by atoms with Gasteiger partial charge in [-0.2, -0.15) is 0 Å². The summed E-state index contributed by atoms with van der Waals surface area (Å²) in [6.45, 7) is 7.49. The fraction of sp³-hybridized carbons (Fsp3) is 0.562. The maximum atomic E-state index is 11.2. The molecule has 0 aliphatic heterocycles. The van der Waals surface area contributed by atoms with Crippen molar-refractivity contribution < 1.29 is 14.6 Å². The van der Waals surface area contributed by atoms with Crippen molar-refractivity contribution in [2.75, 3.05) is 13.2 Å². The van der Waals surface area contributed by atoms with E-state index in [1.807, 2.05) is 0 Å². The molecule has 0 saturated heterocycles. The van der Waals surface area contributed by atoms with Gasteiger partial charge in [0.2, 0.25) is 0 Å². The first kappa shape index (κ1) is 16.7. The van der Waals surface area contributed by atoms with E-state index in [1.165, 1.54) is 5.56 Å². The molecule has 0 aromatic heterocycles. The van der Waals surface area contributed by atoms with Gasteiger partial charge in [-0.3, -0.25) is 4.79 Å². The van der Waals surface area contributed by atoms with Crippen LogP contribution in [0.5, 0.6) is 0 Å². The molecule has 2 N–H and O–H groups in total. The highest BCUT2D eigenvalue weighted by atomic mass is 16.5. The van der Waals surface area contributed by atoms with Crippen LogP contribution in [0.1, 0.15) is 44.2 Å². The highest BCUT2D eigenvalue weighted by Gasteiger charge is 2.10. The van der Waals surface area contributed by atoms with Gasteiger partial charge in [-0.15, -0.1) is 0 Å². The van der Waals surface area contributed by atoms with E-state index >= 15 is 0 Å². The smallest absolute Gasteiger partial charge is 0.308 e. The molecule has 0 bridgehead atoms. The van der Waals surface area contributed by atoms with Crippen molar-refractivity contribution >= 4 is 5.97 Å². The van der Waals surface area contributed by atoms with E-state index in [4.69, 9.17) is 4.74 Å². The van der Waals surface area contributed by atoms with Crippen LogP contribution in [0.2, 0.25) is 0 Å². The molecule has 4 heteroatoms. The van der Waals surface area contributed by atoms with E-state index in [9.17, 15) is 9.90 Å². The minimum absolute atomic E-state index is 0.0348. The zero-order valence-electron chi connectivity index (χ0n) is 12.6. The summed E-state index contributed by atoms with van der Waals surface area (Å²) in [5.41, 5.74) is 2.48. The van der Waals surface area contributed by atoms with Crippen LogP contribution in [-0.4, -0.2) is 30.3 Å². The molecule has 1 atom stereocenters. The predicted octanol–water partition coefficient (Wildman–Crippen LogP) is 2.21. The minimum atomic E-state index is -0.705. The molecule has 0 radical (unpaired) electrons. The Morgan fingerprint density at radius 3 is 2.50 bits per heavy atom.